The molecule has 0 fully saturated rings. The number of aromatic nitrogens is 6. The third-order valence-electron chi connectivity index (χ3n) is 2.82. The Labute approximate surface area is 114 Å². The molecule has 0 aromatic carbocycles. The van der Waals surface area contributed by atoms with Crippen LogP contribution in [0, 0.1) is 4.77 Å². The summed E-state index contributed by atoms with van der Waals surface area (Å²) in [5, 5.41) is 7.10. The SMILES string of the molecule is S=c1[nH]nc(-c2cccnc2)n1CCn1ccnc1. The number of nitrogens with one attached hydrogen (secondary N) is 1. The fourth-order valence-electron chi connectivity index (χ4n) is 1.88. The number of aromatic amines is 1. The van der Waals surface area contributed by atoms with E-state index in [-0.39, 0.29) is 0 Å². The van der Waals surface area contributed by atoms with Gasteiger partial charge in [0, 0.05) is 43.4 Å². The maximum absolute atomic E-state index is 5.27. The monoisotopic (exact) mass is 272 g/mol. The van der Waals surface area contributed by atoms with Gasteiger partial charge < -0.3 is 4.57 Å². The van der Waals surface area contributed by atoms with Gasteiger partial charge in [0.05, 0.1) is 6.33 Å². The molecule has 96 valence electrons. The molecule has 0 saturated heterocycles. The van der Waals surface area contributed by atoms with Crippen molar-refractivity contribution in [2.45, 2.75) is 13.1 Å². The van der Waals surface area contributed by atoms with E-state index in [0.717, 1.165) is 24.5 Å². The van der Waals surface area contributed by atoms with Crippen molar-refractivity contribution in [3.05, 3.63) is 48.0 Å². The molecule has 0 aliphatic rings. The molecule has 0 aliphatic heterocycles. The van der Waals surface area contributed by atoms with Gasteiger partial charge in [-0.05, 0) is 24.4 Å². The molecule has 0 radical (unpaired) electrons. The molecular weight excluding hydrogens is 260 g/mol. The minimum Gasteiger partial charge on any atom is -0.336 e. The van der Waals surface area contributed by atoms with Crippen molar-refractivity contribution in [2.75, 3.05) is 0 Å². The van der Waals surface area contributed by atoms with Gasteiger partial charge in [-0.3, -0.25) is 14.6 Å². The second kappa shape index (κ2) is 5.15. The van der Waals surface area contributed by atoms with Crippen LogP contribution in [0.5, 0.6) is 0 Å². The summed E-state index contributed by atoms with van der Waals surface area (Å²) in [4.78, 5) is 8.12. The highest BCUT2D eigenvalue weighted by Crippen LogP contribution is 2.15. The fourth-order valence-corrected chi connectivity index (χ4v) is 2.10. The van der Waals surface area contributed by atoms with Crippen molar-refractivity contribution >= 4 is 12.2 Å². The maximum Gasteiger partial charge on any atom is 0.195 e. The predicted octanol–water partition coefficient (Wildman–Crippen LogP) is 1.90. The minimum absolute atomic E-state index is 0.610. The molecule has 1 N–H and O–H groups in total. The molecule has 0 saturated carbocycles. The van der Waals surface area contributed by atoms with Crippen LogP contribution in [0.25, 0.3) is 11.4 Å². The molecule has 0 bridgehead atoms. The van der Waals surface area contributed by atoms with E-state index in [1.165, 1.54) is 0 Å². The molecule has 19 heavy (non-hydrogen) atoms. The molecule has 3 aromatic rings. The summed E-state index contributed by atoms with van der Waals surface area (Å²) in [5.41, 5.74) is 0.945. The van der Waals surface area contributed by atoms with Crippen LogP contribution in [0.4, 0.5) is 0 Å². The van der Waals surface area contributed by atoms with Gasteiger partial charge in [0.15, 0.2) is 10.6 Å². The van der Waals surface area contributed by atoms with E-state index in [2.05, 4.69) is 20.2 Å². The van der Waals surface area contributed by atoms with Gasteiger partial charge >= 0.3 is 0 Å². The number of imidazole rings is 1. The van der Waals surface area contributed by atoms with Gasteiger partial charge in [-0.25, -0.2) is 4.98 Å². The summed E-state index contributed by atoms with van der Waals surface area (Å²) in [7, 11) is 0. The van der Waals surface area contributed by atoms with Crippen LogP contribution in [-0.4, -0.2) is 29.3 Å². The second-order valence-corrected chi connectivity index (χ2v) is 4.43. The van der Waals surface area contributed by atoms with Crippen LogP contribution in [0.3, 0.4) is 0 Å². The van der Waals surface area contributed by atoms with E-state index in [9.17, 15) is 0 Å². The lowest BCUT2D eigenvalue weighted by molar-refractivity contribution is 0.576. The first-order valence-corrected chi connectivity index (χ1v) is 6.27. The average Bonchev–Trinajstić information content (AvgIpc) is 3.07. The van der Waals surface area contributed by atoms with E-state index in [1.807, 2.05) is 27.5 Å². The first kappa shape index (κ1) is 11.8. The van der Waals surface area contributed by atoms with Crippen molar-refractivity contribution in [1.82, 2.24) is 29.3 Å². The lowest BCUT2D eigenvalue weighted by atomic mass is 10.3. The zero-order chi connectivity index (χ0) is 13.1. The van der Waals surface area contributed by atoms with Gasteiger partial charge in [-0.1, -0.05) is 0 Å². The summed E-state index contributed by atoms with van der Waals surface area (Å²) >= 11 is 5.27. The van der Waals surface area contributed by atoms with Crippen molar-refractivity contribution in [3.63, 3.8) is 0 Å². The van der Waals surface area contributed by atoms with Gasteiger partial charge in [0.1, 0.15) is 0 Å². The van der Waals surface area contributed by atoms with E-state index < -0.39 is 0 Å². The van der Waals surface area contributed by atoms with Gasteiger partial charge in [-0.15, -0.1) is 0 Å². The topological polar surface area (TPSA) is 64.3 Å². The fraction of sp³-hybridized carbons (Fsp3) is 0.167. The molecule has 0 aliphatic carbocycles. The summed E-state index contributed by atoms with van der Waals surface area (Å²) in [6.45, 7) is 1.52. The van der Waals surface area contributed by atoms with Crippen LogP contribution in [0.1, 0.15) is 0 Å². The molecule has 6 nitrogen and oxygen atoms in total. The molecule has 3 heterocycles. The van der Waals surface area contributed by atoms with Crippen molar-refractivity contribution in [2.24, 2.45) is 0 Å². The third kappa shape index (κ3) is 2.45. The van der Waals surface area contributed by atoms with Gasteiger partial charge in [0.25, 0.3) is 0 Å². The normalized spacial score (nSPS) is 10.7. The quantitative estimate of drug-likeness (QED) is 0.737. The number of nitrogens with zero attached hydrogens (tertiary/aromatic N) is 5. The molecule has 0 spiro atoms. The molecule has 3 rings (SSSR count). The Bertz CT molecular complexity index is 697. The Hall–Kier alpha value is -2.28. The number of aryl methyl sites for hydroxylation is 1. The number of hydrogen-bond donors (Lipinski definition) is 1. The number of H-pyrrole nitrogens is 1. The van der Waals surface area contributed by atoms with Crippen LogP contribution >= 0.6 is 12.2 Å². The number of hydrogen-bond acceptors (Lipinski definition) is 4. The van der Waals surface area contributed by atoms with Crippen molar-refractivity contribution in [1.29, 1.82) is 0 Å². The lowest BCUT2D eigenvalue weighted by Crippen LogP contribution is -2.07. The minimum atomic E-state index is 0.610. The molecule has 3 aromatic heterocycles. The highest BCUT2D eigenvalue weighted by Gasteiger charge is 2.08. The predicted molar refractivity (Wildman–Crippen MR) is 72.9 cm³/mol. The second-order valence-electron chi connectivity index (χ2n) is 4.05. The Morgan fingerprint density at radius 3 is 2.89 bits per heavy atom. The molecule has 0 atom stereocenters. The smallest absolute Gasteiger partial charge is 0.195 e. The number of pyridine rings is 1. The van der Waals surface area contributed by atoms with Crippen LogP contribution in [-0.2, 0) is 13.1 Å². The summed E-state index contributed by atoms with van der Waals surface area (Å²) in [6, 6.07) is 3.85. The Balaban J connectivity index is 1.89. The maximum atomic E-state index is 5.27. The summed E-state index contributed by atoms with van der Waals surface area (Å²) in [6.07, 6.45) is 8.98. The summed E-state index contributed by atoms with van der Waals surface area (Å²) < 4.78 is 4.58. The van der Waals surface area contributed by atoms with Gasteiger partial charge in [-0.2, -0.15) is 5.10 Å². The Morgan fingerprint density at radius 1 is 1.21 bits per heavy atom. The Kier molecular flexibility index (Phi) is 3.20. The van der Waals surface area contributed by atoms with Crippen LogP contribution < -0.4 is 0 Å². The summed E-state index contributed by atoms with van der Waals surface area (Å²) in [5.74, 6) is 0.804. The van der Waals surface area contributed by atoms with E-state index >= 15 is 0 Å². The molecule has 0 amide bonds. The largest absolute Gasteiger partial charge is 0.336 e. The third-order valence-corrected chi connectivity index (χ3v) is 3.13. The standard InChI is InChI=1S/C12H12N6S/c19-12-16-15-11(10-2-1-3-13-8-10)18(12)7-6-17-5-4-14-9-17/h1-5,8-9H,6-7H2,(H,16,19). The van der Waals surface area contributed by atoms with Gasteiger partial charge in [0.2, 0.25) is 0 Å². The lowest BCUT2D eigenvalue weighted by Gasteiger charge is -2.07. The van der Waals surface area contributed by atoms with E-state index in [0.29, 0.717) is 4.77 Å². The molecule has 0 unspecified atom stereocenters. The van der Waals surface area contributed by atoms with Crippen LogP contribution in [0.15, 0.2) is 43.2 Å². The highest BCUT2D eigenvalue weighted by molar-refractivity contribution is 7.71. The average molecular weight is 272 g/mol. The molecule has 7 heteroatoms. The highest BCUT2D eigenvalue weighted by atomic mass is 32.1. The molecular formula is C12H12N6S. The van der Waals surface area contributed by atoms with Crippen molar-refractivity contribution in [3.8, 4) is 11.4 Å². The first-order valence-electron chi connectivity index (χ1n) is 5.86. The first-order chi connectivity index (χ1) is 9.34. The van der Waals surface area contributed by atoms with Crippen LogP contribution in [0.2, 0.25) is 0 Å². The zero-order valence-corrected chi connectivity index (χ0v) is 10.9. The van der Waals surface area contributed by atoms with E-state index in [4.69, 9.17) is 12.2 Å². The zero-order valence-electron chi connectivity index (χ0n) is 10.1. The van der Waals surface area contributed by atoms with Crippen molar-refractivity contribution < 1.29 is 0 Å². The van der Waals surface area contributed by atoms with E-state index in [1.54, 1.807) is 24.9 Å². The Morgan fingerprint density at radius 2 is 2.16 bits per heavy atom. The number of rotatable bonds is 4.